The highest BCUT2D eigenvalue weighted by atomic mass is 16.5. The van der Waals surface area contributed by atoms with Crippen LogP contribution in [0.25, 0.3) is 0 Å². The van der Waals surface area contributed by atoms with Crippen LogP contribution in [0.3, 0.4) is 0 Å². The van der Waals surface area contributed by atoms with E-state index in [9.17, 15) is 5.11 Å². The number of rotatable bonds is 7. The Kier molecular flexibility index (Phi) is 6.45. The fraction of sp³-hybridized carbons (Fsp3) is 0.429. The Bertz CT molecular complexity index is 629. The second-order valence-electron chi connectivity index (χ2n) is 6.52. The van der Waals surface area contributed by atoms with Crippen LogP contribution in [-0.4, -0.2) is 49.5 Å². The van der Waals surface area contributed by atoms with Crippen molar-refractivity contribution in [2.75, 3.05) is 33.4 Å². The molecule has 2 atom stereocenters. The largest absolute Gasteiger partial charge is 0.497 e. The number of benzene rings is 2. The fourth-order valence-electron chi connectivity index (χ4n) is 3.33. The van der Waals surface area contributed by atoms with Gasteiger partial charge in [-0.2, -0.15) is 0 Å². The lowest BCUT2D eigenvalue weighted by Gasteiger charge is -2.36. The van der Waals surface area contributed by atoms with Gasteiger partial charge in [0.25, 0.3) is 0 Å². The van der Waals surface area contributed by atoms with E-state index in [2.05, 4.69) is 17.0 Å². The smallest absolute Gasteiger partial charge is 0.118 e. The third-order valence-electron chi connectivity index (χ3n) is 4.88. The predicted molar refractivity (Wildman–Crippen MR) is 98.9 cm³/mol. The maximum atomic E-state index is 10.5. The Morgan fingerprint density at radius 1 is 1.16 bits per heavy atom. The minimum absolute atomic E-state index is 0.252. The summed E-state index contributed by atoms with van der Waals surface area (Å²) in [6.45, 7) is 3.34. The summed E-state index contributed by atoms with van der Waals surface area (Å²) in [5.74, 6) is 0.888. The molecule has 134 valence electrons. The lowest BCUT2D eigenvalue weighted by molar-refractivity contribution is -0.0255. The molecular formula is C21H27NO3. The number of morpholine rings is 1. The molecule has 3 rings (SSSR count). The maximum absolute atomic E-state index is 10.5. The molecule has 0 bridgehead atoms. The molecule has 25 heavy (non-hydrogen) atoms. The Morgan fingerprint density at radius 3 is 2.64 bits per heavy atom. The van der Waals surface area contributed by atoms with Crippen molar-refractivity contribution in [2.24, 2.45) is 0 Å². The zero-order valence-electron chi connectivity index (χ0n) is 14.8. The molecule has 4 heteroatoms. The first-order chi connectivity index (χ1) is 12.3. The van der Waals surface area contributed by atoms with Gasteiger partial charge in [0, 0.05) is 19.1 Å². The number of methoxy groups -OCH3 is 1. The first kappa shape index (κ1) is 17.9. The highest BCUT2D eigenvalue weighted by Crippen LogP contribution is 2.23. The normalized spacial score (nSPS) is 19.5. The molecule has 1 fully saturated rings. The summed E-state index contributed by atoms with van der Waals surface area (Å²) in [5.41, 5.74) is 2.28. The van der Waals surface area contributed by atoms with E-state index >= 15 is 0 Å². The Morgan fingerprint density at radius 2 is 1.92 bits per heavy atom. The molecule has 0 aliphatic carbocycles. The Labute approximate surface area is 150 Å². The van der Waals surface area contributed by atoms with Crippen molar-refractivity contribution >= 4 is 0 Å². The van der Waals surface area contributed by atoms with E-state index < -0.39 is 6.10 Å². The summed E-state index contributed by atoms with van der Waals surface area (Å²) in [6.07, 6.45) is 1.24. The minimum Gasteiger partial charge on any atom is -0.497 e. The second-order valence-corrected chi connectivity index (χ2v) is 6.52. The van der Waals surface area contributed by atoms with Crippen molar-refractivity contribution in [3.63, 3.8) is 0 Å². The average molecular weight is 341 g/mol. The van der Waals surface area contributed by atoms with Crippen molar-refractivity contribution in [1.29, 1.82) is 0 Å². The van der Waals surface area contributed by atoms with Crippen LogP contribution in [-0.2, 0) is 11.2 Å². The van der Waals surface area contributed by atoms with E-state index in [4.69, 9.17) is 9.47 Å². The van der Waals surface area contributed by atoms with Gasteiger partial charge in [-0.15, -0.1) is 0 Å². The highest BCUT2D eigenvalue weighted by Gasteiger charge is 2.25. The van der Waals surface area contributed by atoms with Gasteiger partial charge < -0.3 is 14.6 Å². The summed E-state index contributed by atoms with van der Waals surface area (Å²) in [6, 6.07) is 18.4. The van der Waals surface area contributed by atoms with Gasteiger partial charge >= 0.3 is 0 Å². The summed E-state index contributed by atoms with van der Waals surface area (Å²) in [7, 11) is 1.69. The maximum Gasteiger partial charge on any atom is 0.118 e. The van der Waals surface area contributed by atoms with Crippen molar-refractivity contribution in [1.82, 2.24) is 4.90 Å². The van der Waals surface area contributed by atoms with Crippen LogP contribution in [0.4, 0.5) is 0 Å². The van der Waals surface area contributed by atoms with Crippen LogP contribution in [0.1, 0.15) is 23.7 Å². The van der Waals surface area contributed by atoms with Crippen molar-refractivity contribution in [3.05, 3.63) is 65.7 Å². The Hall–Kier alpha value is -1.88. The zero-order valence-corrected chi connectivity index (χ0v) is 14.8. The van der Waals surface area contributed by atoms with Gasteiger partial charge in [0.15, 0.2) is 0 Å². The minimum atomic E-state index is -0.448. The van der Waals surface area contributed by atoms with Crippen molar-refractivity contribution in [3.8, 4) is 5.75 Å². The molecule has 0 radical (unpaired) electrons. The zero-order chi connectivity index (χ0) is 17.5. The molecule has 1 aliphatic rings. The highest BCUT2D eigenvalue weighted by molar-refractivity contribution is 5.27. The first-order valence-electron chi connectivity index (χ1n) is 8.94. The number of aliphatic hydroxyl groups is 1. The molecular weight excluding hydrogens is 314 g/mol. The number of ether oxygens (including phenoxy) is 2. The number of hydrogen-bond donors (Lipinski definition) is 1. The molecule has 1 aliphatic heterocycles. The fourth-order valence-corrected chi connectivity index (χ4v) is 3.33. The second kappa shape index (κ2) is 8.99. The van der Waals surface area contributed by atoms with Crippen LogP contribution in [0, 0.1) is 0 Å². The van der Waals surface area contributed by atoms with Crippen molar-refractivity contribution < 1.29 is 14.6 Å². The molecule has 0 aromatic heterocycles. The van der Waals surface area contributed by atoms with Gasteiger partial charge in [-0.25, -0.2) is 0 Å². The molecule has 0 amide bonds. The molecule has 2 aromatic carbocycles. The van der Waals surface area contributed by atoms with Crippen LogP contribution in [0.15, 0.2) is 54.6 Å². The van der Waals surface area contributed by atoms with Gasteiger partial charge in [0.05, 0.1) is 26.4 Å². The third kappa shape index (κ3) is 5.05. The topological polar surface area (TPSA) is 41.9 Å². The van der Waals surface area contributed by atoms with Gasteiger partial charge in [-0.1, -0.05) is 42.5 Å². The first-order valence-corrected chi connectivity index (χ1v) is 8.94. The van der Waals surface area contributed by atoms with Gasteiger partial charge in [-0.3, -0.25) is 4.90 Å². The predicted octanol–water partition coefficient (Wildman–Crippen LogP) is 3.06. The molecule has 2 unspecified atom stereocenters. The van der Waals surface area contributed by atoms with Gasteiger partial charge in [0.2, 0.25) is 0 Å². The SMILES string of the molecule is COc1ccc(CCN2CCOCC2CC(O)c2ccccc2)cc1. The van der Waals surface area contributed by atoms with E-state index in [0.29, 0.717) is 13.0 Å². The quantitative estimate of drug-likeness (QED) is 0.840. The number of aliphatic hydroxyl groups excluding tert-OH is 1. The number of nitrogens with zero attached hydrogens (tertiary/aromatic N) is 1. The summed E-state index contributed by atoms with van der Waals surface area (Å²) >= 11 is 0. The third-order valence-corrected chi connectivity index (χ3v) is 4.88. The molecule has 0 spiro atoms. The lowest BCUT2D eigenvalue weighted by atomic mass is 10.00. The molecule has 4 nitrogen and oxygen atoms in total. The average Bonchev–Trinajstić information content (AvgIpc) is 2.68. The molecule has 0 saturated carbocycles. The molecule has 2 aromatic rings. The van der Waals surface area contributed by atoms with E-state index in [1.807, 2.05) is 42.5 Å². The van der Waals surface area contributed by atoms with Crippen LogP contribution >= 0.6 is 0 Å². The molecule has 1 N–H and O–H groups in total. The standard InChI is InChI=1S/C21H27NO3/c1-24-20-9-7-17(8-10-20)11-12-22-13-14-25-16-19(22)15-21(23)18-5-3-2-4-6-18/h2-10,19,21,23H,11-16H2,1H3. The van der Waals surface area contributed by atoms with E-state index in [0.717, 1.165) is 37.4 Å². The Balaban J connectivity index is 1.56. The summed E-state index contributed by atoms with van der Waals surface area (Å²) in [4.78, 5) is 2.44. The lowest BCUT2D eigenvalue weighted by Crippen LogP contribution is -2.46. The monoisotopic (exact) mass is 341 g/mol. The van der Waals surface area contributed by atoms with Gasteiger partial charge in [0.1, 0.15) is 5.75 Å². The van der Waals surface area contributed by atoms with E-state index in [1.165, 1.54) is 5.56 Å². The van der Waals surface area contributed by atoms with Crippen LogP contribution < -0.4 is 4.74 Å². The van der Waals surface area contributed by atoms with E-state index in [-0.39, 0.29) is 6.04 Å². The molecule has 1 saturated heterocycles. The van der Waals surface area contributed by atoms with Crippen molar-refractivity contribution in [2.45, 2.75) is 25.0 Å². The van der Waals surface area contributed by atoms with Gasteiger partial charge in [-0.05, 0) is 36.1 Å². The summed E-state index contributed by atoms with van der Waals surface area (Å²) in [5, 5.41) is 10.5. The number of hydrogen-bond acceptors (Lipinski definition) is 4. The molecule has 1 heterocycles. The summed E-state index contributed by atoms with van der Waals surface area (Å²) < 4.78 is 10.9. The van der Waals surface area contributed by atoms with Crippen LogP contribution in [0.2, 0.25) is 0 Å². The van der Waals surface area contributed by atoms with E-state index in [1.54, 1.807) is 7.11 Å². The van der Waals surface area contributed by atoms with Crippen LogP contribution in [0.5, 0.6) is 5.75 Å².